The lowest BCUT2D eigenvalue weighted by atomic mass is 10.2. The average Bonchev–Trinajstić information content (AvgIpc) is 3.27. The third-order valence-corrected chi connectivity index (χ3v) is 3.23. The fourth-order valence-corrected chi connectivity index (χ4v) is 1.77. The largest absolute Gasteiger partial charge is 0.452 e. The van der Waals surface area contributed by atoms with Crippen molar-refractivity contribution in [3.05, 3.63) is 35.4 Å². The number of nitrogens with zero attached hydrogens (tertiary/aromatic N) is 1. The molecular weight excluding hydrogens is 310 g/mol. The van der Waals surface area contributed by atoms with Gasteiger partial charge in [-0.15, -0.1) is 0 Å². The maximum absolute atomic E-state index is 13.4. The molecule has 0 heterocycles. The summed E-state index contributed by atoms with van der Waals surface area (Å²) < 4.78 is 30.8. The summed E-state index contributed by atoms with van der Waals surface area (Å²) in [5.41, 5.74) is -0.465. The molecule has 1 N–H and O–H groups in total. The SMILES string of the molecule is CN(CC(=O)NC1CC1)C(=O)COC(=O)c1ccc(F)cc1F. The fourth-order valence-electron chi connectivity index (χ4n) is 1.77. The zero-order valence-electron chi connectivity index (χ0n) is 12.5. The molecule has 0 bridgehead atoms. The Morgan fingerprint density at radius 3 is 2.61 bits per heavy atom. The lowest BCUT2D eigenvalue weighted by Crippen LogP contribution is -2.40. The molecule has 0 saturated heterocycles. The predicted molar refractivity (Wildman–Crippen MR) is 75.4 cm³/mol. The second-order valence-corrected chi connectivity index (χ2v) is 5.29. The average molecular weight is 326 g/mol. The molecule has 1 aromatic rings. The van der Waals surface area contributed by atoms with Gasteiger partial charge >= 0.3 is 5.97 Å². The number of amides is 2. The van der Waals surface area contributed by atoms with Gasteiger partial charge in [-0.1, -0.05) is 0 Å². The van der Waals surface area contributed by atoms with E-state index >= 15 is 0 Å². The maximum atomic E-state index is 13.4. The highest BCUT2D eigenvalue weighted by Gasteiger charge is 2.24. The minimum absolute atomic E-state index is 0.155. The van der Waals surface area contributed by atoms with Crippen molar-refractivity contribution < 1.29 is 27.9 Å². The van der Waals surface area contributed by atoms with Crippen molar-refractivity contribution in [2.75, 3.05) is 20.2 Å². The molecule has 2 amide bonds. The first kappa shape index (κ1) is 16.9. The van der Waals surface area contributed by atoms with Crippen LogP contribution in [0.3, 0.4) is 0 Å². The Labute approximate surface area is 131 Å². The van der Waals surface area contributed by atoms with Gasteiger partial charge in [-0.2, -0.15) is 0 Å². The second-order valence-electron chi connectivity index (χ2n) is 5.29. The first-order valence-electron chi connectivity index (χ1n) is 7.02. The van der Waals surface area contributed by atoms with Crippen LogP contribution in [0.4, 0.5) is 8.78 Å². The van der Waals surface area contributed by atoms with Gasteiger partial charge in [0.05, 0.1) is 12.1 Å². The highest BCUT2D eigenvalue weighted by atomic mass is 19.1. The summed E-state index contributed by atoms with van der Waals surface area (Å²) in [5, 5.41) is 2.72. The molecule has 0 aliphatic heterocycles. The number of benzene rings is 1. The third kappa shape index (κ3) is 5.01. The molecule has 0 spiro atoms. The summed E-state index contributed by atoms with van der Waals surface area (Å²) in [6.07, 6.45) is 1.87. The van der Waals surface area contributed by atoms with E-state index in [1.54, 1.807) is 0 Å². The third-order valence-electron chi connectivity index (χ3n) is 3.23. The quantitative estimate of drug-likeness (QED) is 0.787. The van der Waals surface area contributed by atoms with Gasteiger partial charge in [0.15, 0.2) is 6.61 Å². The lowest BCUT2D eigenvalue weighted by Gasteiger charge is -2.16. The van der Waals surface area contributed by atoms with Gasteiger partial charge in [0, 0.05) is 19.2 Å². The molecule has 1 saturated carbocycles. The summed E-state index contributed by atoms with van der Waals surface area (Å²) in [7, 11) is 1.39. The van der Waals surface area contributed by atoms with Gasteiger partial charge < -0.3 is 15.0 Å². The van der Waals surface area contributed by atoms with Gasteiger partial charge in [-0.3, -0.25) is 9.59 Å². The predicted octanol–water partition coefficient (Wildman–Crippen LogP) is 0.859. The van der Waals surface area contributed by atoms with Crippen LogP contribution < -0.4 is 5.32 Å². The summed E-state index contributed by atoms with van der Waals surface area (Å²) in [6, 6.07) is 2.58. The fraction of sp³-hybridized carbons (Fsp3) is 0.400. The number of carbonyl (C=O) groups is 3. The molecule has 0 unspecified atom stereocenters. The van der Waals surface area contributed by atoms with Crippen LogP contribution in [0.2, 0.25) is 0 Å². The first-order valence-corrected chi connectivity index (χ1v) is 7.02. The Hall–Kier alpha value is -2.51. The molecule has 0 atom stereocenters. The highest BCUT2D eigenvalue weighted by Crippen LogP contribution is 2.18. The van der Waals surface area contributed by atoms with Crippen LogP contribution in [0.5, 0.6) is 0 Å². The first-order chi connectivity index (χ1) is 10.9. The number of hydrogen-bond acceptors (Lipinski definition) is 4. The number of ether oxygens (including phenoxy) is 1. The monoisotopic (exact) mass is 326 g/mol. The number of rotatable bonds is 6. The minimum atomic E-state index is -1.08. The minimum Gasteiger partial charge on any atom is -0.452 e. The Balaban J connectivity index is 1.80. The zero-order chi connectivity index (χ0) is 17.0. The van der Waals surface area contributed by atoms with E-state index in [-0.39, 0.29) is 18.5 Å². The molecule has 0 aromatic heterocycles. The zero-order valence-corrected chi connectivity index (χ0v) is 12.5. The van der Waals surface area contributed by atoms with E-state index in [0.717, 1.165) is 29.9 Å². The molecule has 8 heteroatoms. The normalized spacial score (nSPS) is 13.3. The Morgan fingerprint density at radius 1 is 1.30 bits per heavy atom. The second kappa shape index (κ2) is 7.17. The van der Waals surface area contributed by atoms with E-state index in [1.807, 2.05) is 0 Å². The number of nitrogens with one attached hydrogen (secondary N) is 1. The molecule has 0 radical (unpaired) electrons. The summed E-state index contributed by atoms with van der Waals surface area (Å²) in [4.78, 5) is 36.1. The van der Waals surface area contributed by atoms with Crippen molar-refractivity contribution in [3.8, 4) is 0 Å². The van der Waals surface area contributed by atoms with Gasteiger partial charge in [0.1, 0.15) is 11.6 Å². The summed E-state index contributed by atoms with van der Waals surface area (Å²) >= 11 is 0. The van der Waals surface area contributed by atoms with Crippen LogP contribution >= 0.6 is 0 Å². The van der Waals surface area contributed by atoms with Crippen molar-refractivity contribution in [2.45, 2.75) is 18.9 Å². The van der Waals surface area contributed by atoms with E-state index in [2.05, 4.69) is 10.1 Å². The van der Waals surface area contributed by atoms with E-state index < -0.39 is 35.7 Å². The summed E-state index contributed by atoms with van der Waals surface area (Å²) in [5.74, 6) is -3.87. The maximum Gasteiger partial charge on any atom is 0.341 e. The number of hydrogen-bond donors (Lipinski definition) is 1. The van der Waals surface area contributed by atoms with E-state index in [1.165, 1.54) is 7.05 Å². The molecule has 6 nitrogen and oxygen atoms in total. The van der Waals surface area contributed by atoms with E-state index in [0.29, 0.717) is 6.07 Å². The Bertz CT molecular complexity index is 632. The van der Waals surface area contributed by atoms with Gasteiger partial charge in [0.25, 0.3) is 5.91 Å². The Morgan fingerprint density at radius 2 is 2.00 bits per heavy atom. The number of likely N-dealkylation sites (N-methyl/N-ethyl adjacent to an activating group) is 1. The van der Waals surface area contributed by atoms with Crippen molar-refractivity contribution in [3.63, 3.8) is 0 Å². The van der Waals surface area contributed by atoms with Crippen LogP contribution in [-0.4, -0.2) is 48.9 Å². The highest BCUT2D eigenvalue weighted by molar-refractivity contribution is 5.92. The summed E-state index contributed by atoms with van der Waals surface area (Å²) in [6.45, 7) is -0.791. The lowest BCUT2D eigenvalue weighted by molar-refractivity contribution is -0.137. The van der Waals surface area contributed by atoms with Gasteiger partial charge in [-0.05, 0) is 25.0 Å². The van der Waals surface area contributed by atoms with Crippen LogP contribution in [0.15, 0.2) is 18.2 Å². The standard InChI is InChI=1S/C15H16F2N2O4/c1-19(7-13(20)18-10-3-4-10)14(21)8-23-15(22)11-5-2-9(16)6-12(11)17/h2,5-6,10H,3-4,7-8H2,1H3,(H,18,20). The Kier molecular flexibility index (Phi) is 5.25. The molecule has 1 aliphatic carbocycles. The number of carbonyl (C=O) groups excluding carboxylic acids is 3. The van der Waals surface area contributed by atoms with Gasteiger partial charge in [0.2, 0.25) is 5.91 Å². The number of esters is 1. The molecule has 124 valence electrons. The van der Waals surface area contributed by atoms with Crippen LogP contribution in [-0.2, 0) is 14.3 Å². The molecular formula is C15H16F2N2O4. The smallest absolute Gasteiger partial charge is 0.341 e. The van der Waals surface area contributed by atoms with Crippen molar-refractivity contribution in [2.24, 2.45) is 0 Å². The molecule has 2 rings (SSSR count). The molecule has 1 fully saturated rings. The van der Waals surface area contributed by atoms with E-state index in [4.69, 9.17) is 0 Å². The molecule has 23 heavy (non-hydrogen) atoms. The van der Waals surface area contributed by atoms with Crippen LogP contribution in [0.1, 0.15) is 23.2 Å². The topological polar surface area (TPSA) is 75.7 Å². The van der Waals surface area contributed by atoms with Crippen LogP contribution in [0, 0.1) is 11.6 Å². The van der Waals surface area contributed by atoms with Crippen molar-refractivity contribution in [1.82, 2.24) is 10.2 Å². The molecule has 1 aromatic carbocycles. The van der Waals surface area contributed by atoms with Crippen molar-refractivity contribution >= 4 is 17.8 Å². The van der Waals surface area contributed by atoms with Crippen molar-refractivity contribution in [1.29, 1.82) is 0 Å². The number of halogens is 2. The van der Waals surface area contributed by atoms with Gasteiger partial charge in [-0.25, -0.2) is 13.6 Å². The van der Waals surface area contributed by atoms with Crippen LogP contribution in [0.25, 0.3) is 0 Å². The van der Waals surface area contributed by atoms with E-state index in [9.17, 15) is 23.2 Å². The molecule has 1 aliphatic rings.